The lowest BCUT2D eigenvalue weighted by molar-refractivity contribution is 0.668. The smallest absolute Gasteiger partial charge is 0.00638 e. The van der Waals surface area contributed by atoms with Crippen molar-refractivity contribution in [1.82, 2.24) is 0 Å². The summed E-state index contributed by atoms with van der Waals surface area (Å²) < 4.78 is 0. The van der Waals surface area contributed by atoms with E-state index in [0.29, 0.717) is 5.92 Å². The minimum Gasteiger partial charge on any atom is -0.0622 e. The van der Waals surface area contributed by atoms with E-state index in [4.69, 9.17) is 0 Å². The van der Waals surface area contributed by atoms with Crippen LogP contribution in [0.1, 0.15) is 53.0 Å². The van der Waals surface area contributed by atoms with Crippen molar-refractivity contribution in [3.8, 4) is 0 Å². The van der Waals surface area contributed by atoms with Crippen LogP contribution >= 0.6 is 0 Å². The molecule has 182 valence electrons. The highest BCUT2D eigenvalue weighted by atomic mass is 14.3. The summed E-state index contributed by atoms with van der Waals surface area (Å²) in [6.07, 6.45) is 6.61. The number of hydrogen-bond acceptors (Lipinski definition) is 0. The van der Waals surface area contributed by atoms with Crippen molar-refractivity contribution in [3.05, 3.63) is 161 Å². The van der Waals surface area contributed by atoms with Crippen LogP contribution in [0.5, 0.6) is 0 Å². The highest BCUT2D eigenvalue weighted by molar-refractivity contribution is 6.00. The molecule has 5 aromatic carbocycles. The molecular formula is C37H34. The molecule has 6 rings (SSSR count). The van der Waals surface area contributed by atoms with E-state index in [9.17, 15) is 0 Å². The summed E-state index contributed by atoms with van der Waals surface area (Å²) in [5.41, 5.74) is 10.5. The Morgan fingerprint density at radius 3 is 1.59 bits per heavy atom. The molecule has 0 heteroatoms. The molecule has 0 fully saturated rings. The van der Waals surface area contributed by atoms with Gasteiger partial charge in [0.15, 0.2) is 0 Å². The summed E-state index contributed by atoms with van der Waals surface area (Å²) in [5, 5.41) is 2.86. The maximum Gasteiger partial charge on any atom is 0.00638 e. The van der Waals surface area contributed by atoms with E-state index in [2.05, 4.69) is 127 Å². The Hall–Kier alpha value is -3.90. The molecule has 37 heavy (non-hydrogen) atoms. The summed E-state index contributed by atoms with van der Waals surface area (Å²) in [5.74, 6) is 0.452. The van der Waals surface area contributed by atoms with Gasteiger partial charge in [-0.05, 0) is 82.7 Å². The first-order chi connectivity index (χ1) is 18.4. The first-order valence-electron chi connectivity index (χ1n) is 13.7. The summed E-state index contributed by atoms with van der Waals surface area (Å²) in [4.78, 5) is 0. The van der Waals surface area contributed by atoms with Gasteiger partial charge in [0, 0.05) is 5.92 Å². The van der Waals surface area contributed by atoms with Gasteiger partial charge in [-0.1, -0.05) is 133 Å². The average Bonchev–Trinajstić information content (AvgIpc) is 2.97. The molecule has 0 spiro atoms. The van der Waals surface area contributed by atoms with Gasteiger partial charge in [-0.2, -0.15) is 0 Å². The standard InChI is InChI=1S/C37H34/c1-4-12-28(13-5-1)22-25-32-33(26-23-29-14-6-2-7-15-29)35-20-10-18-31-19-11-21-36(37(31)35)34(32)27-24-30-16-8-3-9-17-30/h1-21,33H,22-27H2. The second-order valence-corrected chi connectivity index (χ2v) is 10.3. The molecular weight excluding hydrogens is 444 g/mol. The minimum absolute atomic E-state index is 0.452. The third-order valence-corrected chi connectivity index (χ3v) is 8.04. The van der Waals surface area contributed by atoms with Crippen molar-refractivity contribution < 1.29 is 0 Å². The second kappa shape index (κ2) is 11.0. The Morgan fingerprint density at radius 1 is 0.432 bits per heavy atom. The number of allylic oxidation sites excluding steroid dienone is 2. The topological polar surface area (TPSA) is 0 Å². The van der Waals surface area contributed by atoms with Crippen molar-refractivity contribution in [2.45, 2.75) is 44.4 Å². The van der Waals surface area contributed by atoms with Crippen LogP contribution in [0.2, 0.25) is 0 Å². The van der Waals surface area contributed by atoms with E-state index in [1.54, 1.807) is 11.1 Å². The molecule has 0 heterocycles. The largest absolute Gasteiger partial charge is 0.0622 e. The maximum absolute atomic E-state index is 2.40. The van der Waals surface area contributed by atoms with E-state index in [0.717, 1.165) is 38.5 Å². The van der Waals surface area contributed by atoms with E-state index < -0.39 is 0 Å². The van der Waals surface area contributed by atoms with Gasteiger partial charge in [-0.15, -0.1) is 0 Å². The Balaban J connectivity index is 1.44. The normalized spacial score (nSPS) is 14.8. The summed E-state index contributed by atoms with van der Waals surface area (Å²) in [6, 6.07) is 46.9. The lowest BCUT2D eigenvalue weighted by Gasteiger charge is -2.32. The van der Waals surface area contributed by atoms with Gasteiger partial charge in [0.2, 0.25) is 0 Å². The fourth-order valence-electron chi connectivity index (χ4n) is 6.23. The van der Waals surface area contributed by atoms with Crippen LogP contribution in [0.25, 0.3) is 16.3 Å². The molecule has 0 N–H and O–H groups in total. The average molecular weight is 479 g/mol. The van der Waals surface area contributed by atoms with Gasteiger partial charge in [0.25, 0.3) is 0 Å². The zero-order valence-corrected chi connectivity index (χ0v) is 21.4. The maximum atomic E-state index is 2.40. The Kier molecular flexibility index (Phi) is 6.99. The van der Waals surface area contributed by atoms with Crippen molar-refractivity contribution in [1.29, 1.82) is 0 Å². The van der Waals surface area contributed by atoms with E-state index in [1.165, 1.54) is 38.6 Å². The number of rotatable bonds is 9. The van der Waals surface area contributed by atoms with Crippen molar-refractivity contribution in [3.63, 3.8) is 0 Å². The van der Waals surface area contributed by atoms with Crippen LogP contribution in [0, 0.1) is 0 Å². The highest BCUT2D eigenvalue weighted by Gasteiger charge is 2.28. The number of aryl methyl sites for hydroxylation is 3. The van der Waals surface area contributed by atoms with Crippen LogP contribution in [0.3, 0.4) is 0 Å². The Labute approximate surface area is 221 Å². The van der Waals surface area contributed by atoms with Crippen LogP contribution in [-0.4, -0.2) is 0 Å². The Morgan fingerprint density at radius 2 is 0.973 bits per heavy atom. The van der Waals surface area contributed by atoms with Crippen LogP contribution in [0.15, 0.2) is 133 Å². The predicted octanol–water partition coefficient (Wildman–Crippen LogP) is 9.59. The molecule has 1 atom stereocenters. The fraction of sp³-hybridized carbons (Fsp3) is 0.189. The number of hydrogen-bond donors (Lipinski definition) is 0. The van der Waals surface area contributed by atoms with Crippen molar-refractivity contribution in [2.75, 3.05) is 0 Å². The van der Waals surface area contributed by atoms with Gasteiger partial charge in [-0.3, -0.25) is 0 Å². The summed E-state index contributed by atoms with van der Waals surface area (Å²) >= 11 is 0. The SMILES string of the molecule is c1ccc(CCC2=C(CCc3ccccc3)C(CCc3ccccc3)c3cccc4cccc2c34)cc1. The van der Waals surface area contributed by atoms with Crippen LogP contribution in [-0.2, 0) is 19.3 Å². The summed E-state index contributed by atoms with van der Waals surface area (Å²) in [7, 11) is 0. The zero-order valence-electron chi connectivity index (χ0n) is 21.4. The molecule has 5 aromatic rings. The molecule has 0 bridgehead atoms. The lowest BCUT2D eigenvalue weighted by atomic mass is 9.72. The third-order valence-electron chi connectivity index (χ3n) is 8.04. The first-order valence-corrected chi connectivity index (χ1v) is 13.7. The van der Waals surface area contributed by atoms with Crippen LogP contribution < -0.4 is 0 Å². The van der Waals surface area contributed by atoms with E-state index in [1.807, 2.05) is 0 Å². The molecule has 0 saturated heterocycles. The molecule has 0 amide bonds. The summed E-state index contributed by atoms with van der Waals surface area (Å²) in [6.45, 7) is 0. The number of benzene rings is 5. The first kappa shape index (κ1) is 23.5. The molecule has 0 nitrogen and oxygen atoms in total. The predicted molar refractivity (Wildman–Crippen MR) is 158 cm³/mol. The van der Waals surface area contributed by atoms with Gasteiger partial charge < -0.3 is 0 Å². The molecule has 0 aliphatic heterocycles. The molecule has 0 aromatic heterocycles. The van der Waals surface area contributed by atoms with Gasteiger partial charge >= 0.3 is 0 Å². The third kappa shape index (κ3) is 5.16. The molecule has 0 radical (unpaired) electrons. The van der Waals surface area contributed by atoms with Gasteiger partial charge in [-0.25, -0.2) is 0 Å². The van der Waals surface area contributed by atoms with Crippen LogP contribution in [0.4, 0.5) is 0 Å². The monoisotopic (exact) mass is 478 g/mol. The minimum atomic E-state index is 0.452. The molecule has 1 aliphatic carbocycles. The van der Waals surface area contributed by atoms with Gasteiger partial charge in [0.05, 0.1) is 0 Å². The van der Waals surface area contributed by atoms with Crippen molar-refractivity contribution >= 4 is 16.3 Å². The Bertz CT molecular complexity index is 1490. The van der Waals surface area contributed by atoms with E-state index >= 15 is 0 Å². The fourth-order valence-corrected chi connectivity index (χ4v) is 6.23. The molecule has 0 saturated carbocycles. The van der Waals surface area contributed by atoms with Crippen molar-refractivity contribution in [2.24, 2.45) is 0 Å². The zero-order chi connectivity index (χ0) is 24.9. The molecule has 1 aliphatic rings. The van der Waals surface area contributed by atoms with E-state index in [-0.39, 0.29) is 0 Å². The highest BCUT2D eigenvalue weighted by Crippen LogP contribution is 2.47. The quantitative estimate of drug-likeness (QED) is 0.198. The second-order valence-electron chi connectivity index (χ2n) is 10.3. The molecule has 1 unspecified atom stereocenters. The van der Waals surface area contributed by atoms with Gasteiger partial charge in [0.1, 0.15) is 0 Å². The lowest BCUT2D eigenvalue weighted by Crippen LogP contribution is -2.14.